The molecule has 104 valence electrons. The van der Waals surface area contributed by atoms with Crippen LogP contribution in [0, 0.1) is 0 Å². The number of halogens is 1. The van der Waals surface area contributed by atoms with Crippen LogP contribution < -0.4 is 4.90 Å². The van der Waals surface area contributed by atoms with Crippen LogP contribution in [0.2, 0.25) is 5.28 Å². The second-order valence-electron chi connectivity index (χ2n) is 5.56. The Balaban J connectivity index is 2.07. The summed E-state index contributed by atoms with van der Waals surface area (Å²) < 4.78 is 11.3. The molecule has 19 heavy (non-hydrogen) atoms. The molecule has 2 aliphatic rings. The standard InChI is InChI=1S/C13H18ClN3O2/c1-8-6-18-5-4-17(8)11-9-7-19-13(2,3)10(9)15-12(14)16-11/h8H,4-7H2,1-3H3. The molecule has 6 heteroatoms. The third-order valence-electron chi connectivity index (χ3n) is 3.75. The largest absolute Gasteiger partial charge is 0.377 e. The lowest BCUT2D eigenvalue weighted by Crippen LogP contribution is -2.44. The van der Waals surface area contributed by atoms with Crippen LogP contribution >= 0.6 is 11.6 Å². The highest BCUT2D eigenvalue weighted by Crippen LogP contribution is 2.39. The third kappa shape index (κ3) is 2.20. The van der Waals surface area contributed by atoms with Crippen LogP contribution in [-0.2, 0) is 21.7 Å². The molecule has 0 spiro atoms. The number of nitrogens with zero attached hydrogens (tertiary/aromatic N) is 3. The zero-order valence-corrected chi connectivity index (χ0v) is 12.2. The van der Waals surface area contributed by atoms with Gasteiger partial charge in [0, 0.05) is 12.1 Å². The minimum absolute atomic E-state index is 0.283. The average Bonchev–Trinajstić information content (AvgIpc) is 2.65. The van der Waals surface area contributed by atoms with Crippen LogP contribution in [-0.4, -0.2) is 35.8 Å². The molecule has 0 aliphatic carbocycles. The summed E-state index contributed by atoms with van der Waals surface area (Å²) in [6.07, 6.45) is 0. The molecule has 0 N–H and O–H groups in total. The quantitative estimate of drug-likeness (QED) is 0.739. The lowest BCUT2D eigenvalue weighted by molar-refractivity contribution is -0.0101. The normalized spacial score (nSPS) is 25.5. The number of fused-ring (bicyclic) bond motifs is 1. The van der Waals surface area contributed by atoms with Crippen molar-refractivity contribution in [2.24, 2.45) is 0 Å². The van der Waals surface area contributed by atoms with Crippen LogP contribution in [0.5, 0.6) is 0 Å². The number of hydrogen-bond acceptors (Lipinski definition) is 5. The predicted molar refractivity (Wildman–Crippen MR) is 72.5 cm³/mol. The second kappa shape index (κ2) is 4.58. The van der Waals surface area contributed by atoms with Gasteiger partial charge < -0.3 is 14.4 Å². The Hall–Kier alpha value is -0.910. The van der Waals surface area contributed by atoms with E-state index >= 15 is 0 Å². The van der Waals surface area contributed by atoms with Crippen molar-refractivity contribution in [1.82, 2.24) is 9.97 Å². The summed E-state index contributed by atoms with van der Waals surface area (Å²) in [6, 6.07) is 0.285. The summed E-state index contributed by atoms with van der Waals surface area (Å²) in [7, 11) is 0. The molecular formula is C13H18ClN3O2. The molecule has 0 amide bonds. The lowest BCUT2D eigenvalue weighted by Gasteiger charge is -2.35. The van der Waals surface area contributed by atoms with Crippen molar-refractivity contribution in [2.45, 2.75) is 39.0 Å². The predicted octanol–water partition coefficient (Wildman–Crippen LogP) is 2.12. The fourth-order valence-electron chi connectivity index (χ4n) is 2.68. The van der Waals surface area contributed by atoms with Crippen LogP contribution in [0.4, 0.5) is 5.82 Å². The highest BCUT2D eigenvalue weighted by atomic mass is 35.5. The summed E-state index contributed by atoms with van der Waals surface area (Å²) in [5.74, 6) is 0.899. The maximum Gasteiger partial charge on any atom is 0.224 e. The molecule has 1 atom stereocenters. The number of hydrogen-bond donors (Lipinski definition) is 0. The summed E-state index contributed by atoms with van der Waals surface area (Å²) in [6.45, 7) is 8.93. The van der Waals surface area contributed by atoms with E-state index in [2.05, 4.69) is 21.8 Å². The van der Waals surface area contributed by atoms with E-state index < -0.39 is 5.60 Å². The molecule has 1 saturated heterocycles. The van der Waals surface area contributed by atoms with Gasteiger partial charge in [0.05, 0.1) is 31.6 Å². The maximum atomic E-state index is 6.09. The molecule has 1 unspecified atom stereocenters. The first kappa shape index (κ1) is 13.1. The highest BCUT2D eigenvalue weighted by Gasteiger charge is 2.37. The van der Waals surface area contributed by atoms with Gasteiger partial charge in [0.15, 0.2) is 0 Å². The zero-order chi connectivity index (χ0) is 13.6. The molecule has 3 heterocycles. The van der Waals surface area contributed by atoms with Gasteiger partial charge in [-0.2, -0.15) is 0 Å². The third-order valence-corrected chi connectivity index (χ3v) is 3.91. The van der Waals surface area contributed by atoms with E-state index in [9.17, 15) is 0 Å². The van der Waals surface area contributed by atoms with Gasteiger partial charge in [-0.05, 0) is 32.4 Å². The number of aromatic nitrogens is 2. The fourth-order valence-corrected chi connectivity index (χ4v) is 2.84. The molecule has 0 bridgehead atoms. The van der Waals surface area contributed by atoms with E-state index in [4.69, 9.17) is 21.1 Å². The van der Waals surface area contributed by atoms with Gasteiger partial charge in [0.1, 0.15) is 11.4 Å². The van der Waals surface area contributed by atoms with Crippen LogP contribution in [0.1, 0.15) is 32.0 Å². The zero-order valence-electron chi connectivity index (χ0n) is 11.4. The summed E-state index contributed by atoms with van der Waals surface area (Å²) >= 11 is 6.09. The minimum Gasteiger partial charge on any atom is -0.377 e. The smallest absolute Gasteiger partial charge is 0.224 e. The topological polar surface area (TPSA) is 47.5 Å². The molecule has 5 nitrogen and oxygen atoms in total. The van der Waals surface area contributed by atoms with E-state index in [-0.39, 0.29) is 11.3 Å². The van der Waals surface area contributed by atoms with Gasteiger partial charge in [-0.1, -0.05) is 0 Å². The molecule has 3 rings (SSSR count). The number of rotatable bonds is 1. The Morgan fingerprint density at radius 2 is 2.16 bits per heavy atom. The van der Waals surface area contributed by atoms with Crippen LogP contribution in [0.15, 0.2) is 0 Å². The lowest BCUT2D eigenvalue weighted by atomic mass is 10.0. The molecule has 0 radical (unpaired) electrons. The molecule has 2 aliphatic heterocycles. The Labute approximate surface area is 117 Å². The van der Waals surface area contributed by atoms with Crippen LogP contribution in [0.3, 0.4) is 0 Å². The van der Waals surface area contributed by atoms with Crippen molar-refractivity contribution in [3.8, 4) is 0 Å². The van der Waals surface area contributed by atoms with Gasteiger partial charge in [0.25, 0.3) is 0 Å². The SMILES string of the molecule is CC1COCCN1c1nc(Cl)nc2c1COC2(C)C. The van der Waals surface area contributed by atoms with E-state index in [1.807, 2.05) is 13.8 Å². The monoisotopic (exact) mass is 283 g/mol. The van der Waals surface area contributed by atoms with Gasteiger partial charge >= 0.3 is 0 Å². The molecule has 1 fully saturated rings. The average molecular weight is 284 g/mol. The van der Waals surface area contributed by atoms with Gasteiger partial charge in [0.2, 0.25) is 5.28 Å². The van der Waals surface area contributed by atoms with E-state index in [0.29, 0.717) is 19.8 Å². The molecule has 0 saturated carbocycles. The van der Waals surface area contributed by atoms with Gasteiger partial charge in [-0.15, -0.1) is 0 Å². The first-order valence-corrected chi connectivity index (χ1v) is 6.92. The maximum absolute atomic E-state index is 6.09. The number of anilines is 1. The van der Waals surface area contributed by atoms with E-state index in [0.717, 1.165) is 23.6 Å². The summed E-state index contributed by atoms with van der Waals surface area (Å²) in [4.78, 5) is 11.0. The van der Waals surface area contributed by atoms with Crippen molar-refractivity contribution in [3.05, 3.63) is 16.5 Å². The summed E-state index contributed by atoms with van der Waals surface area (Å²) in [5, 5.41) is 0.283. The van der Waals surface area contributed by atoms with Crippen molar-refractivity contribution >= 4 is 17.4 Å². The Morgan fingerprint density at radius 1 is 1.37 bits per heavy atom. The fraction of sp³-hybridized carbons (Fsp3) is 0.692. The highest BCUT2D eigenvalue weighted by molar-refractivity contribution is 6.28. The Morgan fingerprint density at radius 3 is 2.89 bits per heavy atom. The first-order valence-electron chi connectivity index (χ1n) is 6.54. The van der Waals surface area contributed by atoms with E-state index in [1.54, 1.807) is 0 Å². The van der Waals surface area contributed by atoms with Crippen molar-refractivity contribution in [1.29, 1.82) is 0 Å². The molecule has 1 aromatic rings. The first-order chi connectivity index (χ1) is 8.99. The Bertz CT molecular complexity index is 507. The number of morpholine rings is 1. The van der Waals surface area contributed by atoms with Gasteiger partial charge in [-0.3, -0.25) is 0 Å². The molecule has 1 aromatic heterocycles. The van der Waals surface area contributed by atoms with Crippen molar-refractivity contribution in [2.75, 3.05) is 24.7 Å². The van der Waals surface area contributed by atoms with Gasteiger partial charge in [-0.25, -0.2) is 9.97 Å². The van der Waals surface area contributed by atoms with Crippen molar-refractivity contribution in [3.63, 3.8) is 0 Å². The Kier molecular flexibility index (Phi) is 3.15. The van der Waals surface area contributed by atoms with Crippen molar-refractivity contribution < 1.29 is 9.47 Å². The van der Waals surface area contributed by atoms with Crippen LogP contribution in [0.25, 0.3) is 0 Å². The minimum atomic E-state index is -0.397. The van der Waals surface area contributed by atoms with E-state index in [1.165, 1.54) is 0 Å². The molecular weight excluding hydrogens is 266 g/mol. The molecule has 0 aromatic carbocycles. The summed E-state index contributed by atoms with van der Waals surface area (Å²) in [5.41, 5.74) is 1.57. The second-order valence-corrected chi connectivity index (χ2v) is 5.90. The number of ether oxygens (including phenoxy) is 2.